The molecule has 1 amide bonds. The first kappa shape index (κ1) is 19.6. The molecule has 2 aromatic rings. The number of rotatable bonds is 6. The fourth-order valence-corrected chi connectivity index (χ4v) is 2.76. The fourth-order valence-electron chi connectivity index (χ4n) is 2.00. The lowest BCUT2D eigenvalue weighted by atomic mass is 10.2. The summed E-state index contributed by atoms with van der Waals surface area (Å²) in [6, 6.07) is 12.4. The van der Waals surface area contributed by atoms with Gasteiger partial charge >= 0.3 is 0 Å². The predicted molar refractivity (Wildman–Crippen MR) is 107 cm³/mol. The van der Waals surface area contributed by atoms with E-state index < -0.39 is 10.0 Å². The Bertz CT molecular complexity index is 925. The molecule has 0 unspecified atom stereocenters. The van der Waals surface area contributed by atoms with E-state index in [1.165, 1.54) is 18.2 Å². The van der Waals surface area contributed by atoms with Crippen LogP contribution in [0.4, 0.5) is 11.4 Å². The van der Waals surface area contributed by atoms with Crippen LogP contribution in [-0.4, -0.2) is 26.0 Å². The maximum atomic E-state index is 12.3. The number of hydrogen-bond donors (Lipinski definition) is 4. The van der Waals surface area contributed by atoms with Crippen LogP contribution in [0.3, 0.4) is 0 Å². The largest absolute Gasteiger partial charge is 0.359 e. The van der Waals surface area contributed by atoms with Crippen molar-refractivity contribution >= 4 is 44.6 Å². The molecule has 0 saturated carbocycles. The first-order valence-electron chi connectivity index (χ1n) is 7.49. The van der Waals surface area contributed by atoms with Crippen LogP contribution in [0.5, 0.6) is 0 Å². The molecule has 2 rings (SSSR count). The maximum absolute atomic E-state index is 12.3. The molecule has 0 aliphatic carbocycles. The number of thiocarbonyl (C=S) groups is 1. The molecule has 5 N–H and O–H groups in total. The van der Waals surface area contributed by atoms with Gasteiger partial charge in [-0.25, -0.2) is 13.6 Å². The van der Waals surface area contributed by atoms with Crippen LogP contribution in [0.2, 0.25) is 0 Å². The Labute approximate surface area is 157 Å². The SMILES string of the molecule is C=CCNC(=S)Nc1ccc(C(=O)Nc2cccc(S(N)(=O)=O)c2)cc1. The second-order valence-electron chi connectivity index (χ2n) is 5.23. The molecule has 2 aromatic carbocycles. The van der Waals surface area contributed by atoms with Crippen LogP contribution < -0.4 is 21.1 Å². The van der Waals surface area contributed by atoms with Crippen molar-refractivity contribution in [1.29, 1.82) is 0 Å². The molecule has 7 nitrogen and oxygen atoms in total. The molecule has 0 heterocycles. The van der Waals surface area contributed by atoms with Crippen LogP contribution in [0.25, 0.3) is 0 Å². The number of benzene rings is 2. The highest BCUT2D eigenvalue weighted by Crippen LogP contribution is 2.16. The molecule has 0 aromatic heterocycles. The number of nitrogens with one attached hydrogen (secondary N) is 3. The molecule has 0 fully saturated rings. The summed E-state index contributed by atoms with van der Waals surface area (Å²) in [4.78, 5) is 12.2. The van der Waals surface area contributed by atoms with E-state index in [2.05, 4.69) is 22.5 Å². The normalized spacial score (nSPS) is 10.7. The van der Waals surface area contributed by atoms with Crippen molar-refractivity contribution in [2.75, 3.05) is 17.2 Å². The van der Waals surface area contributed by atoms with E-state index in [0.717, 1.165) is 5.69 Å². The van der Waals surface area contributed by atoms with Gasteiger partial charge in [-0.15, -0.1) is 6.58 Å². The van der Waals surface area contributed by atoms with Crippen LogP contribution in [0, 0.1) is 0 Å². The van der Waals surface area contributed by atoms with Crippen LogP contribution >= 0.6 is 12.2 Å². The van der Waals surface area contributed by atoms with Gasteiger partial charge in [0.2, 0.25) is 10.0 Å². The van der Waals surface area contributed by atoms with E-state index in [9.17, 15) is 13.2 Å². The molecule has 0 aliphatic rings. The summed E-state index contributed by atoms with van der Waals surface area (Å²) in [5.41, 5.74) is 1.46. The zero-order valence-electron chi connectivity index (χ0n) is 13.7. The second-order valence-corrected chi connectivity index (χ2v) is 7.20. The molecular weight excluding hydrogens is 372 g/mol. The Hall–Kier alpha value is -2.75. The van der Waals surface area contributed by atoms with E-state index in [1.807, 2.05) is 0 Å². The van der Waals surface area contributed by atoms with E-state index in [4.69, 9.17) is 17.4 Å². The van der Waals surface area contributed by atoms with E-state index in [0.29, 0.717) is 22.9 Å². The third-order valence-electron chi connectivity index (χ3n) is 3.23. The molecule has 0 aliphatic heterocycles. The van der Waals surface area contributed by atoms with E-state index in [1.54, 1.807) is 36.4 Å². The van der Waals surface area contributed by atoms with Crippen molar-refractivity contribution in [3.05, 3.63) is 66.7 Å². The summed E-state index contributed by atoms with van der Waals surface area (Å²) in [7, 11) is -3.83. The van der Waals surface area contributed by atoms with Gasteiger partial charge < -0.3 is 16.0 Å². The predicted octanol–water partition coefficient (Wildman–Crippen LogP) is 2.06. The molecule has 136 valence electrons. The number of sulfonamides is 1. The highest BCUT2D eigenvalue weighted by molar-refractivity contribution is 7.89. The number of anilines is 2. The maximum Gasteiger partial charge on any atom is 0.255 e. The van der Waals surface area contributed by atoms with Crippen molar-refractivity contribution in [3.8, 4) is 0 Å². The van der Waals surface area contributed by atoms with Gasteiger partial charge in [0.15, 0.2) is 5.11 Å². The smallest absolute Gasteiger partial charge is 0.255 e. The van der Waals surface area contributed by atoms with Gasteiger partial charge in [0, 0.05) is 23.5 Å². The number of nitrogens with two attached hydrogens (primary N) is 1. The van der Waals surface area contributed by atoms with Crippen molar-refractivity contribution in [2.45, 2.75) is 4.90 Å². The van der Waals surface area contributed by atoms with Crippen molar-refractivity contribution in [2.24, 2.45) is 5.14 Å². The number of amides is 1. The molecule has 26 heavy (non-hydrogen) atoms. The van der Waals surface area contributed by atoms with E-state index in [-0.39, 0.29) is 10.8 Å². The van der Waals surface area contributed by atoms with Gasteiger partial charge in [0.1, 0.15) is 0 Å². The first-order valence-corrected chi connectivity index (χ1v) is 9.45. The Kier molecular flexibility index (Phi) is 6.45. The van der Waals surface area contributed by atoms with Crippen molar-refractivity contribution in [3.63, 3.8) is 0 Å². The Morgan fingerprint density at radius 1 is 1.12 bits per heavy atom. The lowest BCUT2D eigenvalue weighted by molar-refractivity contribution is 0.102. The van der Waals surface area contributed by atoms with Crippen LogP contribution in [0.1, 0.15) is 10.4 Å². The van der Waals surface area contributed by atoms with Crippen LogP contribution in [0.15, 0.2) is 66.1 Å². The minimum atomic E-state index is -3.83. The van der Waals surface area contributed by atoms with Crippen LogP contribution in [-0.2, 0) is 10.0 Å². The lowest BCUT2D eigenvalue weighted by Crippen LogP contribution is -2.28. The summed E-state index contributed by atoms with van der Waals surface area (Å²) in [6.07, 6.45) is 1.69. The Balaban J connectivity index is 2.04. The molecule has 0 spiro atoms. The topological polar surface area (TPSA) is 113 Å². The van der Waals surface area contributed by atoms with Gasteiger partial charge in [-0.3, -0.25) is 4.79 Å². The Morgan fingerprint density at radius 2 is 1.81 bits per heavy atom. The number of carbonyl (C=O) groups excluding carboxylic acids is 1. The fraction of sp³-hybridized carbons (Fsp3) is 0.0588. The Morgan fingerprint density at radius 3 is 2.42 bits per heavy atom. The minimum absolute atomic E-state index is 0.0737. The van der Waals surface area contributed by atoms with Gasteiger partial charge in [-0.05, 0) is 54.7 Å². The molecule has 0 atom stereocenters. The molecule has 0 radical (unpaired) electrons. The van der Waals surface area contributed by atoms with Gasteiger partial charge in [0.05, 0.1) is 4.90 Å². The van der Waals surface area contributed by atoms with E-state index >= 15 is 0 Å². The summed E-state index contributed by atoms with van der Waals surface area (Å²) in [5.74, 6) is -0.379. The summed E-state index contributed by atoms with van der Waals surface area (Å²) in [5, 5.41) is 14.1. The first-order chi connectivity index (χ1) is 12.3. The van der Waals surface area contributed by atoms with Gasteiger partial charge in [-0.2, -0.15) is 0 Å². The van der Waals surface area contributed by atoms with Gasteiger partial charge in [-0.1, -0.05) is 12.1 Å². The standard InChI is InChI=1S/C17H18N4O3S2/c1-2-10-19-17(25)21-13-8-6-12(7-9-13)16(22)20-14-4-3-5-15(11-14)26(18,23)24/h2-9,11H,1,10H2,(H,20,22)(H2,18,23,24)(H2,19,21,25). The average Bonchev–Trinajstić information content (AvgIpc) is 2.60. The molecule has 9 heteroatoms. The molecule has 0 saturated heterocycles. The third kappa shape index (κ3) is 5.66. The second kappa shape index (κ2) is 8.56. The lowest BCUT2D eigenvalue weighted by Gasteiger charge is -2.10. The zero-order valence-corrected chi connectivity index (χ0v) is 15.4. The van der Waals surface area contributed by atoms with Crippen molar-refractivity contribution < 1.29 is 13.2 Å². The molecule has 0 bridgehead atoms. The third-order valence-corrected chi connectivity index (χ3v) is 4.39. The van der Waals surface area contributed by atoms with Gasteiger partial charge in [0.25, 0.3) is 5.91 Å². The number of hydrogen-bond acceptors (Lipinski definition) is 4. The average molecular weight is 390 g/mol. The highest BCUT2D eigenvalue weighted by atomic mass is 32.2. The number of primary sulfonamides is 1. The quantitative estimate of drug-likeness (QED) is 0.444. The highest BCUT2D eigenvalue weighted by Gasteiger charge is 2.10. The van der Waals surface area contributed by atoms with Crippen molar-refractivity contribution in [1.82, 2.24) is 5.32 Å². The summed E-state index contributed by atoms with van der Waals surface area (Å²) >= 11 is 5.11. The molecular formula is C17H18N4O3S2. The summed E-state index contributed by atoms with van der Waals surface area (Å²) in [6.45, 7) is 4.13. The monoisotopic (exact) mass is 390 g/mol. The zero-order chi connectivity index (χ0) is 19.2. The summed E-state index contributed by atoms with van der Waals surface area (Å²) < 4.78 is 22.7. The minimum Gasteiger partial charge on any atom is -0.359 e. The number of carbonyl (C=O) groups is 1.